The zero-order valence-corrected chi connectivity index (χ0v) is 15.9. The van der Waals surface area contributed by atoms with Gasteiger partial charge in [0.05, 0.1) is 7.11 Å². The van der Waals surface area contributed by atoms with Gasteiger partial charge in [-0.15, -0.1) is 0 Å². The first-order valence-electron chi connectivity index (χ1n) is 8.70. The number of benzene rings is 2. The summed E-state index contributed by atoms with van der Waals surface area (Å²) in [5.74, 6) is -0.895. The molecule has 0 aliphatic carbocycles. The molecule has 0 bridgehead atoms. The molecule has 1 aliphatic rings. The number of ether oxygens (including phenoxy) is 1. The molecule has 0 unspecified atom stereocenters. The normalized spacial score (nSPS) is 16.4. The minimum absolute atomic E-state index is 0.251. The van der Waals surface area contributed by atoms with Crippen LogP contribution in [-0.4, -0.2) is 57.5 Å². The molecular weight excluding hydrogens is 374 g/mol. The van der Waals surface area contributed by atoms with Crippen molar-refractivity contribution < 1.29 is 21.9 Å². The Morgan fingerprint density at radius 2 is 1.67 bits per heavy atom. The maximum Gasteiger partial charge on any atom is 0.246 e. The monoisotopic (exact) mass is 396 g/mol. The lowest BCUT2D eigenvalue weighted by Gasteiger charge is -2.34. The number of hydrogen-bond acceptors (Lipinski definition) is 4. The van der Waals surface area contributed by atoms with E-state index in [1.54, 1.807) is 7.11 Å². The van der Waals surface area contributed by atoms with E-state index < -0.39 is 26.6 Å². The Labute approximate surface area is 158 Å². The van der Waals surface area contributed by atoms with Crippen LogP contribution < -0.4 is 4.74 Å². The Bertz CT molecular complexity index is 880. The van der Waals surface area contributed by atoms with Gasteiger partial charge in [-0.3, -0.25) is 0 Å². The first-order valence-corrected chi connectivity index (χ1v) is 10.1. The van der Waals surface area contributed by atoms with Crippen LogP contribution in [0.25, 0.3) is 0 Å². The van der Waals surface area contributed by atoms with Gasteiger partial charge in [0.15, 0.2) is 0 Å². The standard InChI is InChI=1S/C19H22F2N2O3S/c1-26-17-5-2-15(3-6-17)8-9-22-10-12-23(13-11-22)27(24,25)19-14-16(20)4-7-18(19)21/h2-7,14H,8-13H2,1H3. The smallest absolute Gasteiger partial charge is 0.246 e. The van der Waals surface area contributed by atoms with E-state index in [9.17, 15) is 17.2 Å². The van der Waals surface area contributed by atoms with Crippen molar-refractivity contribution in [2.75, 3.05) is 39.8 Å². The Balaban J connectivity index is 1.57. The van der Waals surface area contributed by atoms with E-state index in [1.807, 2.05) is 24.3 Å². The highest BCUT2D eigenvalue weighted by molar-refractivity contribution is 7.89. The number of rotatable bonds is 6. The van der Waals surface area contributed by atoms with Crippen molar-refractivity contribution >= 4 is 10.0 Å². The fourth-order valence-electron chi connectivity index (χ4n) is 3.09. The summed E-state index contributed by atoms with van der Waals surface area (Å²) in [5, 5.41) is 0. The van der Waals surface area contributed by atoms with Crippen LogP contribution in [-0.2, 0) is 16.4 Å². The fraction of sp³-hybridized carbons (Fsp3) is 0.368. The van der Waals surface area contributed by atoms with Crippen LogP contribution in [0.15, 0.2) is 47.4 Å². The predicted molar refractivity (Wildman–Crippen MR) is 98.3 cm³/mol. The number of nitrogens with zero attached hydrogens (tertiary/aromatic N) is 2. The second-order valence-corrected chi connectivity index (χ2v) is 8.32. The fourth-order valence-corrected chi connectivity index (χ4v) is 4.59. The second kappa shape index (κ2) is 8.33. The van der Waals surface area contributed by atoms with Crippen LogP contribution in [0.5, 0.6) is 5.75 Å². The maximum absolute atomic E-state index is 13.9. The molecule has 0 amide bonds. The van der Waals surface area contributed by atoms with E-state index in [2.05, 4.69) is 4.90 Å². The van der Waals surface area contributed by atoms with Crippen molar-refractivity contribution in [2.24, 2.45) is 0 Å². The average molecular weight is 396 g/mol. The summed E-state index contributed by atoms with van der Waals surface area (Å²) < 4.78 is 58.8. The molecule has 0 N–H and O–H groups in total. The van der Waals surface area contributed by atoms with Gasteiger partial charge < -0.3 is 9.64 Å². The maximum atomic E-state index is 13.9. The summed E-state index contributed by atoms with van der Waals surface area (Å²) in [6, 6.07) is 10.3. The summed E-state index contributed by atoms with van der Waals surface area (Å²) >= 11 is 0. The van der Waals surface area contributed by atoms with E-state index in [1.165, 1.54) is 9.87 Å². The molecule has 1 aliphatic heterocycles. The SMILES string of the molecule is COc1ccc(CCN2CCN(S(=O)(=O)c3cc(F)ccc3F)CC2)cc1. The van der Waals surface area contributed by atoms with E-state index in [0.29, 0.717) is 13.1 Å². The molecule has 2 aromatic rings. The Morgan fingerprint density at radius 3 is 2.30 bits per heavy atom. The van der Waals surface area contributed by atoms with Crippen LogP contribution in [0.2, 0.25) is 0 Å². The molecule has 0 radical (unpaired) electrons. The minimum atomic E-state index is -4.04. The van der Waals surface area contributed by atoms with Gasteiger partial charge in [-0.1, -0.05) is 12.1 Å². The number of halogens is 2. The molecule has 0 saturated carbocycles. The molecule has 0 spiro atoms. The van der Waals surface area contributed by atoms with E-state index in [-0.39, 0.29) is 13.1 Å². The summed E-state index contributed by atoms with van der Waals surface area (Å²) in [6.45, 7) is 2.40. The van der Waals surface area contributed by atoms with Gasteiger partial charge in [0.1, 0.15) is 22.3 Å². The van der Waals surface area contributed by atoms with Crippen LogP contribution in [0.3, 0.4) is 0 Å². The van der Waals surface area contributed by atoms with Gasteiger partial charge in [-0.05, 0) is 42.3 Å². The Hall–Kier alpha value is -2.03. The molecule has 3 rings (SSSR count). The first-order chi connectivity index (χ1) is 12.9. The van der Waals surface area contributed by atoms with E-state index in [0.717, 1.165) is 36.9 Å². The molecule has 0 atom stereocenters. The Morgan fingerprint density at radius 1 is 1.00 bits per heavy atom. The number of hydrogen-bond donors (Lipinski definition) is 0. The van der Waals surface area contributed by atoms with Gasteiger partial charge in [0.25, 0.3) is 0 Å². The van der Waals surface area contributed by atoms with Crippen molar-refractivity contribution in [3.05, 3.63) is 59.7 Å². The highest BCUT2D eigenvalue weighted by Crippen LogP contribution is 2.22. The van der Waals surface area contributed by atoms with Gasteiger partial charge in [0.2, 0.25) is 10.0 Å². The lowest BCUT2D eigenvalue weighted by Crippen LogP contribution is -2.49. The van der Waals surface area contributed by atoms with Crippen LogP contribution in [0, 0.1) is 11.6 Å². The van der Waals surface area contributed by atoms with Crippen molar-refractivity contribution in [1.82, 2.24) is 9.21 Å². The predicted octanol–water partition coefficient (Wildman–Crippen LogP) is 2.52. The largest absolute Gasteiger partial charge is 0.497 e. The molecule has 1 heterocycles. The minimum Gasteiger partial charge on any atom is -0.497 e. The van der Waals surface area contributed by atoms with Gasteiger partial charge >= 0.3 is 0 Å². The van der Waals surface area contributed by atoms with Crippen molar-refractivity contribution in [3.8, 4) is 5.75 Å². The molecule has 1 fully saturated rings. The molecule has 5 nitrogen and oxygen atoms in total. The van der Waals surface area contributed by atoms with Gasteiger partial charge in [0, 0.05) is 32.7 Å². The highest BCUT2D eigenvalue weighted by atomic mass is 32.2. The quantitative estimate of drug-likeness (QED) is 0.753. The van der Waals surface area contributed by atoms with Crippen molar-refractivity contribution in [1.29, 1.82) is 0 Å². The molecule has 8 heteroatoms. The Kier molecular flexibility index (Phi) is 6.08. The van der Waals surface area contributed by atoms with Crippen molar-refractivity contribution in [2.45, 2.75) is 11.3 Å². The van der Waals surface area contributed by atoms with Crippen LogP contribution >= 0.6 is 0 Å². The van der Waals surface area contributed by atoms with Crippen LogP contribution in [0.1, 0.15) is 5.56 Å². The lowest BCUT2D eigenvalue weighted by atomic mass is 10.1. The number of sulfonamides is 1. The zero-order valence-electron chi connectivity index (χ0n) is 15.1. The second-order valence-electron chi connectivity index (χ2n) is 6.42. The molecule has 146 valence electrons. The lowest BCUT2D eigenvalue weighted by molar-refractivity contribution is 0.190. The van der Waals surface area contributed by atoms with Gasteiger partial charge in [-0.25, -0.2) is 17.2 Å². The third kappa shape index (κ3) is 4.63. The van der Waals surface area contributed by atoms with Crippen molar-refractivity contribution in [3.63, 3.8) is 0 Å². The van der Waals surface area contributed by atoms with E-state index >= 15 is 0 Å². The summed E-state index contributed by atoms with van der Waals surface area (Å²) in [4.78, 5) is 1.56. The summed E-state index contributed by atoms with van der Waals surface area (Å²) in [7, 11) is -2.41. The summed E-state index contributed by atoms with van der Waals surface area (Å²) in [5.41, 5.74) is 1.17. The van der Waals surface area contributed by atoms with Crippen LogP contribution in [0.4, 0.5) is 8.78 Å². The molecule has 27 heavy (non-hydrogen) atoms. The molecule has 1 saturated heterocycles. The third-order valence-corrected chi connectivity index (χ3v) is 6.63. The van der Waals surface area contributed by atoms with Gasteiger partial charge in [-0.2, -0.15) is 4.31 Å². The highest BCUT2D eigenvalue weighted by Gasteiger charge is 2.30. The zero-order chi connectivity index (χ0) is 19.4. The molecule has 2 aromatic carbocycles. The topological polar surface area (TPSA) is 49.9 Å². The molecular formula is C19H22F2N2O3S. The third-order valence-electron chi connectivity index (χ3n) is 4.72. The molecule has 0 aromatic heterocycles. The number of methoxy groups -OCH3 is 1. The first kappa shape index (κ1) is 19.7. The van der Waals surface area contributed by atoms with E-state index in [4.69, 9.17) is 4.74 Å². The summed E-state index contributed by atoms with van der Waals surface area (Å²) in [6.07, 6.45) is 0.843. The average Bonchev–Trinajstić information content (AvgIpc) is 2.69. The number of piperazine rings is 1.